The van der Waals surface area contributed by atoms with E-state index in [1.165, 1.54) is 18.3 Å². The van der Waals surface area contributed by atoms with Crippen LogP contribution < -0.4 is 5.43 Å². The molecule has 1 N–H and O–H groups in total. The van der Waals surface area contributed by atoms with E-state index in [4.69, 9.17) is 0 Å². The van der Waals surface area contributed by atoms with E-state index in [1.54, 1.807) is 36.4 Å². The lowest BCUT2D eigenvalue weighted by Crippen LogP contribution is -2.17. The molecule has 0 spiro atoms. The molecule has 0 saturated carbocycles. The Kier molecular flexibility index (Phi) is 3.81. The van der Waals surface area contributed by atoms with Gasteiger partial charge in [-0.15, -0.1) is 0 Å². The summed E-state index contributed by atoms with van der Waals surface area (Å²) in [7, 11) is 0. The van der Waals surface area contributed by atoms with Crippen molar-refractivity contribution in [2.75, 3.05) is 0 Å². The molecule has 0 atom stereocenters. The van der Waals surface area contributed by atoms with Crippen molar-refractivity contribution >= 4 is 12.1 Å². The van der Waals surface area contributed by atoms with Crippen LogP contribution in [0.15, 0.2) is 59.7 Å². The zero-order valence-electron chi connectivity index (χ0n) is 9.51. The standard InChI is InChI=1S/C14H11FN2O/c15-13-8-6-11(7-9-13)10-16-17-14(18)12-4-2-1-3-5-12/h1-10H,(H,17,18). The summed E-state index contributed by atoms with van der Waals surface area (Å²) in [4.78, 5) is 11.6. The molecule has 1 amide bonds. The summed E-state index contributed by atoms with van der Waals surface area (Å²) in [6, 6.07) is 14.6. The molecule has 0 aliphatic rings. The van der Waals surface area contributed by atoms with E-state index in [2.05, 4.69) is 10.5 Å². The van der Waals surface area contributed by atoms with Gasteiger partial charge in [-0.2, -0.15) is 5.10 Å². The molecule has 0 fully saturated rings. The molecule has 2 aromatic carbocycles. The van der Waals surface area contributed by atoms with E-state index in [-0.39, 0.29) is 11.7 Å². The highest BCUT2D eigenvalue weighted by molar-refractivity contribution is 5.94. The lowest BCUT2D eigenvalue weighted by molar-refractivity contribution is 0.0955. The number of amides is 1. The topological polar surface area (TPSA) is 41.5 Å². The van der Waals surface area contributed by atoms with Gasteiger partial charge in [0, 0.05) is 5.56 Å². The average molecular weight is 242 g/mol. The first kappa shape index (κ1) is 12.0. The van der Waals surface area contributed by atoms with Crippen LogP contribution in [-0.4, -0.2) is 12.1 Å². The Morgan fingerprint density at radius 3 is 2.39 bits per heavy atom. The molecule has 0 unspecified atom stereocenters. The second kappa shape index (κ2) is 5.72. The molecule has 3 nitrogen and oxygen atoms in total. The third-order valence-electron chi connectivity index (χ3n) is 2.29. The third kappa shape index (κ3) is 3.25. The van der Waals surface area contributed by atoms with Crippen molar-refractivity contribution in [2.45, 2.75) is 0 Å². The first-order valence-corrected chi connectivity index (χ1v) is 5.40. The number of nitrogens with one attached hydrogen (secondary N) is 1. The Balaban J connectivity index is 1.96. The Morgan fingerprint density at radius 1 is 1.06 bits per heavy atom. The summed E-state index contributed by atoms with van der Waals surface area (Å²) in [5.41, 5.74) is 3.65. The van der Waals surface area contributed by atoms with Crippen molar-refractivity contribution in [3.8, 4) is 0 Å². The number of nitrogens with zero attached hydrogens (tertiary/aromatic N) is 1. The van der Waals surface area contributed by atoms with Gasteiger partial charge >= 0.3 is 0 Å². The van der Waals surface area contributed by atoms with E-state index in [1.807, 2.05) is 6.07 Å². The third-order valence-corrected chi connectivity index (χ3v) is 2.29. The molecule has 4 heteroatoms. The Bertz CT molecular complexity index is 550. The van der Waals surface area contributed by atoms with E-state index in [0.29, 0.717) is 11.1 Å². The average Bonchev–Trinajstić information content (AvgIpc) is 2.42. The molecule has 0 aliphatic carbocycles. The van der Waals surface area contributed by atoms with Crippen molar-refractivity contribution in [3.05, 3.63) is 71.5 Å². The minimum Gasteiger partial charge on any atom is -0.267 e. The monoisotopic (exact) mass is 242 g/mol. The number of benzene rings is 2. The van der Waals surface area contributed by atoms with Crippen LogP contribution in [0.5, 0.6) is 0 Å². The fraction of sp³-hybridized carbons (Fsp3) is 0. The predicted molar refractivity (Wildman–Crippen MR) is 67.9 cm³/mol. The van der Waals surface area contributed by atoms with Crippen molar-refractivity contribution in [1.29, 1.82) is 0 Å². The molecule has 2 aromatic rings. The van der Waals surface area contributed by atoms with Crippen LogP contribution in [0.3, 0.4) is 0 Å². The number of halogens is 1. The van der Waals surface area contributed by atoms with Crippen LogP contribution in [0.25, 0.3) is 0 Å². The second-order valence-corrected chi connectivity index (χ2v) is 3.62. The fourth-order valence-electron chi connectivity index (χ4n) is 1.37. The van der Waals surface area contributed by atoms with E-state index < -0.39 is 0 Å². The highest BCUT2D eigenvalue weighted by atomic mass is 19.1. The highest BCUT2D eigenvalue weighted by Gasteiger charge is 2.01. The van der Waals surface area contributed by atoms with Gasteiger partial charge in [0.25, 0.3) is 5.91 Å². The van der Waals surface area contributed by atoms with E-state index >= 15 is 0 Å². The summed E-state index contributed by atoms with van der Waals surface area (Å²) in [6.07, 6.45) is 1.46. The number of carbonyl (C=O) groups excluding carboxylic acids is 1. The van der Waals surface area contributed by atoms with Crippen LogP contribution in [0.2, 0.25) is 0 Å². The van der Waals surface area contributed by atoms with Gasteiger partial charge in [-0.25, -0.2) is 9.82 Å². The molecule has 2 rings (SSSR count). The molecule has 0 saturated heterocycles. The van der Waals surface area contributed by atoms with Gasteiger partial charge in [0.2, 0.25) is 0 Å². The predicted octanol–water partition coefficient (Wildman–Crippen LogP) is 2.59. The molecule has 0 aliphatic heterocycles. The number of rotatable bonds is 3. The Labute approximate surface area is 104 Å². The van der Waals surface area contributed by atoms with Crippen molar-refractivity contribution in [1.82, 2.24) is 5.43 Å². The van der Waals surface area contributed by atoms with Crippen molar-refractivity contribution < 1.29 is 9.18 Å². The summed E-state index contributed by atoms with van der Waals surface area (Å²) in [6.45, 7) is 0. The summed E-state index contributed by atoms with van der Waals surface area (Å²) < 4.78 is 12.6. The maximum Gasteiger partial charge on any atom is 0.271 e. The van der Waals surface area contributed by atoms with Gasteiger partial charge < -0.3 is 0 Å². The minimum absolute atomic E-state index is 0.283. The fourth-order valence-corrected chi connectivity index (χ4v) is 1.37. The SMILES string of the molecule is O=C(NN=Cc1ccc(F)cc1)c1ccccc1. The quantitative estimate of drug-likeness (QED) is 0.652. The molecule has 0 aromatic heterocycles. The van der Waals surface area contributed by atoms with E-state index in [9.17, 15) is 9.18 Å². The molecule has 18 heavy (non-hydrogen) atoms. The molecule has 0 bridgehead atoms. The normalized spacial score (nSPS) is 10.5. The molecular formula is C14H11FN2O. The number of hydrogen-bond acceptors (Lipinski definition) is 2. The van der Waals surface area contributed by atoms with Gasteiger partial charge in [0.05, 0.1) is 6.21 Å². The lowest BCUT2D eigenvalue weighted by Gasteiger charge is -1.98. The number of hydrogen-bond donors (Lipinski definition) is 1. The van der Waals surface area contributed by atoms with Gasteiger partial charge in [-0.3, -0.25) is 4.79 Å². The Morgan fingerprint density at radius 2 is 1.72 bits per heavy atom. The van der Waals surface area contributed by atoms with Crippen LogP contribution in [0.4, 0.5) is 4.39 Å². The van der Waals surface area contributed by atoms with E-state index in [0.717, 1.165) is 0 Å². The summed E-state index contributed by atoms with van der Waals surface area (Å²) in [5.74, 6) is -0.588. The zero-order chi connectivity index (χ0) is 12.8. The van der Waals surface area contributed by atoms with Crippen LogP contribution >= 0.6 is 0 Å². The number of carbonyl (C=O) groups is 1. The smallest absolute Gasteiger partial charge is 0.267 e. The number of hydrazone groups is 1. The first-order chi connectivity index (χ1) is 8.75. The van der Waals surface area contributed by atoms with Crippen molar-refractivity contribution in [2.24, 2.45) is 5.10 Å². The molecule has 90 valence electrons. The van der Waals surface area contributed by atoms with Gasteiger partial charge in [0.15, 0.2) is 0 Å². The highest BCUT2D eigenvalue weighted by Crippen LogP contribution is 2.00. The zero-order valence-corrected chi connectivity index (χ0v) is 9.51. The molecule has 0 radical (unpaired) electrons. The second-order valence-electron chi connectivity index (χ2n) is 3.62. The van der Waals surface area contributed by atoms with Gasteiger partial charge in [0.1, 0.15) is 5.82 Å². The Hall–Kier alpha value is -2.49. The summed E-state index contributed by atoms with van der Waals surface area (Å²) in [5, 5.41) is 3.80. The maximum absolute atomic E-state index is 12.6. The van der Waals surface area contributed by atoms with Crippen LogP contribution in [-0.2, 0) is 0 Å². The van der Waals surface area contributed by atoms with Crippen LogP contribution in [0, 0.1) is 5.82 Å². The minimum atomic E-state index is -0.305. The van der Waals surface area contributed by atoms with Gasteiger partial charge in [-0.1, -0.05) is 30.3 Å². The maximum atomic E-state index is 12.6. The van der Waals surface area contributed by atoms with Crippen LogP contribution in [0.1, 0.15) is 15.9 Å². The molecular weight excluding hydrogens is 231 g/mol. The first-order valence-electron chi connectivity index (χ1n) is 5.40. The largest absolute Gasteiger partial charge is 0.271 e. The lowest BCUT2D eigenvalue weighted by atomic mass is 10.2. The summed E-state index contributed by atoms with van der Waals surface area (Å²) >= 11 is 0. The van der Waals surface area contributed by atoms with Crippen molar-refractivity contribution in [3.63, 3.8) is 0 Å². The van der Waals surface area contributed by atoms with Gasteiger partial charge in [-0.05, 0) is 29.8 Å². The molecule has 0 heterocycles.